The van der Waals surface area contributed by atoms with Crippen LogP contribution in [-0.2, 0) is 13.6 Å². The molecule has 4 aromatic rings. The third-order valence-corrected chi connectivity index (χ3v) is 5.87. The zero-order valence-electron chi connectivity index (χ0n) is 13.5. The van der Waals surface area contributed by atoms with Crippen LogP contribution in [0.25, 0.3) is 20.4 Å². The molecule has 0 atom stereocenters. The van der Waals surface area contributed by atoms with E-state index in [1.807, 2.05) is 25.6 Å². The monoisotopic (exact) mass is 343 g/mol. The zero-order valence-corrected chi connectivity index (χ0v) is 15.1. The van der Waals surface area contributed by atoms with Gasteiger partial charge >= 0.3 is 0 Å². The summed E-state index contributed by atoms with van der Waals surface area (Å²) in [4.78, 5) is 10.3. The molecule has 0 spiro atoms. The number of nitrogens with one attached hydrogen (secondary N) is 1. The summed E-state index contributed by atoms with van der Waals surface area (Å²) in [6.45, 7) is 6.90. The highest BCUT2D eigenvalue weighted by molar-refractivity contribution is 7.26. The summed E-state index contributed by atoms with van der Waals surface area (Å²) < 4.78 is 3.12. The van der Waals surface area contributed by atoms with Gasteiger partial charge < -0.3 is 5.32 Å². The minimum absolute atomic E-state index is 0.699. The van der Waals surface area contributed by atoms with E-state index in [0.29, 0.717) is 6.54 Å². The molecular weight excluding hydrogens is 326 g/mol. The number of aromatic nitrogens is 4. The molecule has 0 unspecified atom stereocenters. The lowest BCUT2D eigenvalue weighted by atomic mass is 10.1. The average molecular weight is 343 g/mol. The van der Waals surface area contributed by atoms with Crippen molar-refractivity contribution in [2.75, 3.05) is 5.32 Å². The molecule has 4 heterocycles. The Hall–Kier alpha value is -1.99. The van der Waals surface area contributed by atoms with Crippen molar-refractivity contribution < 1.29 is 0 Å². The van der Waals surface area contributed by atoms with Crippen molar-refractivity contribution in [2.45, 2.75) is 27.3 Å². The molecule has 0 saturated heterocycles. The van der Waals surface area contributed by atoms with E-state index in [9.17, 15) is 0 Å². The van der Waals surface area contributed by atoms with Gasteiger partial charge in [0.1, 0.15) is 9.84 Å². The Bertz CT molecular complexity index is 1020. The lowest BCUT2D eigenvalue weighted by Gasteiger charge is -2.00. The second kappa shape index (κ2) is 5.28. The van der Waals surface area contributed by atoms with Crippen LogP contribution in [0.15, 0.2) is 11.4 Å². The number of fused-ring (bicyclic) bond motifs is 3. The lowest BCUT2D eigenvalue weighted by Crippen LogP contribution is -2.00. The number of rotatable bonds is 3. The maximum atomic E-state index is 4.69. The van der Waals surface area contributed by atoms with Crippen molar-refractivity contribution in [2.24, 2.45) is 7.05 Å². The molecular formula is C16H17N5S2. The van der Waals surface area contributed by atoms with Gasteiger partial charge in [-0.3, -0.25) is 4.68 Å². The number of anilines is 1. The predicted molar refractivity (Wildman–Crippen MR) is 97.5 cm³/mol. The molecule has 0 aromatic carbocycles. The topological polar surface area (TPSA) is 55.6 Å². The summed E-state index contributed by atoms with van der Waals surface area (Å²) >= 11 is 3.38. The molecule has 0 radical (unpaired) electrons. The molecule has 4 aromatic heterocycles. The van der Waals surface area contributed by atoms with Crippen molar-refractivity contribution in [1.29, 1.82) is 0 Å². The van der Waals surface area contributed by atoms with Gasteiger partial charge in [-0.1, -0.05) is 0 Å². The van der Waals surface area contributed by atoms with Crippen LogP contribution in [0.3, 0.4) is 0 Å². The third kappa shape index (κ3) is 2.40. The molecule has 7 heteroatoms. The van der Waals surface area contributed by atoms with Gasteiger partial charge in [0, 0.05) is 29.2 Å². The molecule has 23 heavy (non-hydrogen) atoms. The number of pyridine rings is 1. The van der Waals surface area contributed by atoms with Crippen LogP contribution in [0.1, 0.15) is 22.0 Å². The van der Waals surface area contributed by atoms with E-state index >= 15 is 0 Å². The van der Waals surface area contributed by atoms with Crippen LogP contribution in [0.2, 0.25) is 0 Å². The molecule has 0 saturated carbocycles. The van der Waals surface area contributed by atoms with Gasteiger partial charge in [0.25, 0.3) is 0 Å². The second-order valence-electron chi connectivity index (χ2n) is 5.75. The Kier molecular flexibility index (Phi) is 3.35. The number of hydrogen-bond donors (Lipinski definition) is 1. The van der Waals surface area contributed by atoms with Gasteiger partial charge in [0.15, 0.2) is 5.82 Å². The summed E-state index contributed by atoms with van der Waals surface area (Å²) in [6, 6.07) is 2.13. The minimum atomic E-state index is 0.699. The Morgan fingerprint density at radius 1 is 1.17 bits per heavy atom. The fourth-order valence-corrected chi connectivity index (χ4v) is 4.89. The van der Waals surface area contributed by atoms with E-state index in [2.05, 4.69) is 38.8 Å². The Balaban J connectivity index is 1.80. The quantitative estimate of drug-likeness (QED) is 0.606. The summed E-state index contributed by atoms with van der Waals surface area (Å²) in [6.07, 6.45) is 0. The second-order valence-corrected chi connectivity index (χ2v) is 7.69. The molecule has 118 valence electrons. The molecule has 0 amide bonds. The number of aryl methyl sites for hydroxylation is 4. The molecule has 1 N–H and O–H groups in total. The highest BCUT2D eigenvalue weighted by Crippen LogP contribution is 2.38. The van der Waals surface area contributed by atoms with Gasteiger partial charge in [0.05, 0.1) is 16.8 Å². The maximum absolute atomic E-state index is 4.69. The van der Waals surface area contributed by atoms with E-state index in [1.54, 1.807) is 22.7 Å². The molecule has 0 aliphatic carbocycles. The van der Waals surface area contributed by atoms with Crippen LogP contribution in [0.4, 0.5) is 5.82 Å². The van der Waals surface area contributed by atoms with Gasteiger partial charge in [-0.05, 0) is 32.4 Å². The van der Waals surface area contributed by atoms with Crippen LogP contribution in [0.5, 0.6) is 0 Å². The predicted octanol–water partition coefficient (Wildman–Crippen LogP) is 4.18. The maximum Gasteiger partial charge on any atom is 0.166 e. The largest absolute Gasteiger partial charge is 0.361 e. The first-order chi connectivity index (χ1) is 11.0. The molecule has 0 fully saturated rings. The van der Waals surface area contributed by atoms with Gasteiger partial charge in [-0.15, -0.1) is 22.7 Å². The van der Waals surface area contributed by atoms with E-state index in [-0.39, 0.29) is 0 Å². The number of hydrogen-bond acceptors (Lipinski definition) is 6. The molecule has 0 aliphatic heterocycles. The number of thiophene rings is 1. The molecule has 5 nitrogen and oxygen atoms in total. The average Bonchev–Trinajstić information content (AvgIpc) is 3.13. The van der Waals surface area contributed by atoms with Crippen LogP contribution < -0.4 is 5.32 Å². The van der Waals surface area contributed by atoms with Crippen LogP contribution >= 0.6 is 22.7 Å². The van der Waals surface area contributed by atoms with Crippen LogP contribution in [-0.4, -0.2) is 19.7 Å². The standard InChI is InChI=1S/C16H17N5S2/c1-8-5-9(2)19-16-12(8)13-14(23-16)15(20-21(13)4)17-6-11-18-10(3)7-22-11/h5,7H,6H2,1-4H3,(H,17,20). The fraction of sp³-hybridized carbons (Fsp3) is 0.312. The SMILES string of the molecule is Cc1csc(CNc2nn(C)c3c2sc2nc(C)cc(C)c23)n1. The first-order valence-electron chi connectivity index (χ1n) is 7.41. The summed E-state index contributed by atoms with van der Waals surface area (Å²) in [5.74, 6) is 0.912. The third-order valence-electron chi connectivity index (χ3n) is 3.82. The summed E-state index contributed by atoms with van der Waals surface area (Å²) in [5, 5.41) is 12.4. The van der Waals surface area contributed by atoms with Crippen LogP contribution in [0, 0.1) is 20.8 Å². The van der Waals surface area contributed by atoms with Gasteiger partial charge in [-0.25, -0.2) is 9.97 Å². The van der Waals surface area contributed by atoms with E-state index in [1.165, 1.54) is 10.9 Å². The Labute approximate surface area is 142 Å². The molecule has 0 aliphatic rings. The summed E-state index contributed by atoms with van der Waals surface area (Å²) in [5.41, 5.74) is 4.54. The zero-order chi connectivity index (χ0) is 16.1. The summed E-state index contributed by atoms with van der Waals surface area (Å²) in [7, 11) is 1.99. The number of nitrogens with zero attached hydrogens (tertiary/aromatic N) is 4. The normalized spacial score (nSPS) is 11.7. The minimum Gasteiger partial charge on any atom is -0.361 e. The molecule has 0 bridgehead atoms. The van der Waals surface area contributed by atoms with E-state index in [4.69, 9.17) is 0 Å². The van der Waals surface area contributed by atoms with Crippen molar-refractivity contribution in [3.05, 3.63) is 33.4 Å². The first kappa shape index (κ1) is 14.6. The lowest BCUT2D eigenvalue weighted by molar-refractivity contribution is 0.798. The van der Waals surface area contributed by atoms with Crippen molar-refractivity contribution in [3.63, 3.8) is 0 Å². The van der Waals surface area contributed by atoms with Gasteiger partial charge in [-0.2, -0.15) is 5.10 Å². The van der Waals surface area contributed by atoms with Gasteiger partial charge in [0.2, 0.25) is 0 Å². The number of thiazole rings is 1. The Morgan fingerprint density at radius 2 is 2.00 bits per heavy atom. The Morgan fingerprint density at radius 3 is 2.74 bits per heavy atom. The van der Waals surface area contributed by atoms with E-state index in [0.717, 1.165) is 37.3 Å². The smallest absolute Gasteiger partial charge is 0.166 e. The molecule has 4 rings (SSSR count). The van der Waals surface area contributed by atoms with E-state index < -0.39 is 0 Å². The first-order valence-corrected chi connectivity index (χ1v) is 9.11. The van der Waals surface area contributed by atoms with Crippen molar-refractivity contribution in [3.8, 4) is 0 Å². The highest BCUT2D eigenvalue weighted by Gasteiger charge is 2.18. The highest BCUT2D eigenvalue weighted by atomic mass is 32.1. The fourth-order valence-electron chi connectivity index (χ4n) is 2.90. The van der Waals surface area contributed by atoms with Crippen molar-refractivity contribution >= 4 is 48.9 Å². The van der Waals surface area contributed by atoms with Crippen molar-refractivity contribution in [1.82, 2.24) is 19.7 Å².